The zero-order valence-electron chi connectivity index (χ0n) is 8.27. The number of fused-ring (bicyclic) bond motifs is 1. The molecule has 1 aromatic carbocycles. The predicted octanol–water partition coefficient (Wildman–Crippen LogP) is 1.39. The first kappa shape index (κ1) is 11.1. The third-order valence-electron chi connectivity index (χ3n) is 2.28. The maximum Gasteiger partial charge on any atom is 0.301 e. The number of rotatable bonds is 1. The molecule has 0 saturated heterocycles. The molecule has 1 heterocycles. The quantitative estimate of drug-likeness (QED) is 0.625. The smallest absolute Gasteiger partial charge is 0.301 e. The van der Waals surface area contributed by atoms with Gasteiger partial charge in [0.1, 0.15) is 5.75 Å². The number of imide groups is 1. The van der Waals surface area contributed by atoms with Gasteiger partial charge >= 0.3 is 4.82 Å². The van der Waals surface area contributed by atoms with Gasteiger partial charge in [0.25, 0.3) is 5.91 Å². The summed E-state index contributed by atoms with van der Waals surface area (Å²) in [6, 6.07) is 5.17. The maximum absolute atomic E-state index is 11.5. The lowest BCUT2D eigenvalue weighted by Gasteiger charge is -2.26. The van der Waals surface area contributed by atoms with Gasteiger partial charge in [0.2, 0.25) is 0 Å². The van der Waals surface area contributed by atoms with E-state index < -0.39 is 10.7 Å². The van der Waals surface area contributed by atoms with Gasteiger partial charge in [0.15, 0.2) is 6.61 Å². The molecule has 0 aromatic heterocycles. The van der Waals surface area contributed by atoms with Crippen molar-refractivity contribution in [2.24, 2.45) is 5.73 Å². The van der Waals surface area contributed by atoms with E-state index >= 15 is 0 Å². The largest absolute Gasteiger partial charge is 0.482 e. The summed E-state index contributed by atoms with van der Waals surface area (Å²) in [5.41, 5.74) is 6.76. The number of benzene rings is 1. The van der Waals surface area contributed by atoms with Crippen LogP contribution in [0, 0.1) is 0 Å². The Balaban J connectivity index is 2.52. The van der Waals surface area contributed by atoms with Crippen LogP contribution in [0.25, 0.3) is 0 Å². The maximum atomic E-state index is 11.5. The number of carbonyl (C=O) groups excluding carboxylic acids is 2. The van der Waals surface area contributed by atoms with Gasteiger partial charge in [-0.15, -0.1) is 0 Å². The Hall–Kier alpha value is -1.40. The van der Waals surface area contributed by atoms with Crippen LogP contribution >= 0.6 is 15.9 Å². The summed E-state index contributed by atoms with van der Waals surface area (Å²) < 4.78 is 5.21. The fraction of sp³-hybridized carbons (Fsp3) is 0.200. The van der Waals surface area contributed by atoms with Crippen LogP contribution in [0.5, 0.6) is 5.75 Å². The lowest BCUT2D eigenvalue weighted by molar-refractivity contribution is -0.120. The molecule has 0 fully saturated rings. The second-order valence-electron chi connectivity index (χ2n) is 3.28. The van der Waals surface area contributed by atoms with E-state index in [1.54, 1.807) is 18.2 Å². The zero-order chi connectivity index (χ0) is 11.7. The average Bonchev–Trinajstić information content (AvgIpc) is 2.27. The number of amides is 2. The molecule has 0 radical (unpaired) electrons. The number of ether oxygens (including phenoxy) is 1. The molecule has 2 N–H and O–H groups in total. The number of hydrogen-bond donors (Lipinski definition) is 1. The second-order valence-corrected chi connectivity index (χ2v) is 3.96. The van der Waals surface area contributed by atoms with E-state index in [9.17, 15) is 9.59 Å². The van der Waals surface area contributed by atoms with Crippen LogP contribution in [-0.2, 0) is 11.3 Å². The molecule has 0 spiro atoms. The van der Waals surface area contributed by atoms with Crippen molar-refractivity contribution in [1.82, 2.24) is 0 Å². The lowest BCUT2D eigenvalue weighted by Crippen LogP contribution is -2.40. The van der Waals surface area contributed by atoms with Crippen molar-refractivity contribution in [3.05, 3.63) is 23.8 Å². The molecule has 0 bridgehead atoms. The summed E-state index contributed by atoms with van der Waals surface area (Å²) in [6.07, 6.45) is 0. The topological polar surface area (TPSA) is 72.6 Å². The molecule has 2 amide bonds. The Labute approximate surface area is 100 Å². The van der Waals surface area contributed by atoms with Crippen LogP contribution in [0.2, 0.25) is 0 Å². The number of anilines is 1. The number of carbonyl (C=O) groups is 2. The van der Waals surface area contributed by atoms with E-state index in [1.165, 1.54) is 0 Å². The van der Waals surface area contributed by atoms with Gasteiger partial charge in [0.05, 0.1) is 5.69 Å². The molecular formula is C10H9BrN2O3. The van der Waals surface area contributed by atoms with Gasteiger partial charge in [-0.25, -0.2) is 4.90 Å². The first-order valence-electron chi connectivity index (χ1n) is 4.61. The highest BCUT2D eigenvalue weighted by Crippen LogP contribution is 2.33. The highest BCUT2D eigenvalue weighted by atomic mass is 79.9. The first-order valence-corrected chi connectivity index (χ1v) is 5.41. The van der Waals surface area contributed by atoms with E-state index in [1.807, 2.05) is 0 Å². The summed E-state index contributed by atoms with van der Waals surface area (Å²) in [7, 11) is 0. The second kappa shape index (κ2) is 4.23. The van der Waals surface area contributed by atoms with Crippen LogP contribution in [-0.4, -0.2) is 17.3 Å². The predicted molar refractivity (Wildman–Crippen MR) is 61.6 cm³/mol. The first-order chi connectivity index (χ1) is 7.63. The van der Waals surface area contributed by atoms with E-state index in [2.05, 4.69) is 15.9 Å². The van der Waals surface area contributed by atoms with E-state index in [4.69, 9.17) is 10.5 Å². The minimum Gasteiger partial charge on any atom is -0.482 e. The molecule has 2 rings (SSSR count). The molecule has 0 unspecified atom stereocenters. The lowest BCUT2D eigenvalue weighted by atomic mass is 10.1. The van der Waals surface area contributed by atoms with E-state index in [-0.39, 0.29) is 6.61 Å². The van der Waals surface area contributed by atoms with Crippen molar-refractivity contribution < 1.29 is 14.3 Å². The molecule has 6 heteroatoms. The molecule has 84 valence electrons. The van der Waals surface area contributed by atoms with Crippen molar-refractivity contribution in [3.63, 3.8) is 0 Å². The van der Waals surface area contributed by atoms with Gasteiger partial charge in [-0.2, -0.15) is 0 Å². The van der Waals surface area contributed by atoms with Crippen LogP contribution in [0.4, 0.5) is 10.5 Å². The third kappa shape index (κ3) is 1.81. The van der Waals surface area contributed by atoms with Gasteiger partial charge in [-0.3, -0.25) is 9.59 Å². The zero-order valence-corrected chi connectivity index (χ0v) is 9.86. The molecule has 1 aromatic rings. The minimum atomic E-state index is -0.503. The van der Waals surface area contributed by atoms with Crippen molar-refractivity contribution in [1.29, 1.82) is 0 Å². The molecule has 0 saturated carbocycles. The van der Waals surface area contributed by atoms with E-state index in [0.29, 0.717) is 18.0 Å². The van der Waals surface area contributed by atoms with Crippen LogP contribution in [0.15, 0.2) is 18.2 Å². The van der Waals surface area contributed by atoms with Crippen molar-refractivity contribution in [3.8, 4) is 5.75 Å². The molecule has 0 atom stereocenters. The van der Waals surface area contributed by atoms with Crippen LogP contribution < -0.4 is 15.4 Å². The fourth-order valence-electron chi connectivity index (χ4n) is 1.52. The Morgan fingerprint density at radius 2 is 2.31 bits per heavy atom. The van der Waals surface area contributed by atoms with Crippen LogP contribution in [0.3, 0.4) is 0 Å². The normalized spacial score (nSPS) is 14.4. The number of hydrogen-bond acceptors (Lipinski definition) is 4. The monoisotopic (exact) mass is 284 g/mol. The molecular weight excluding hydrogens is 276 g/mol. The summed E-state index contributed by atoms with van der Waals surface area (Å²) in [6.45, 7) is 0.206. The van der Waals surface area contributed by atoms with Crippen molar-refractivity contribution >= 4 is 32.3 Å². The van der Waals surface area contributed by atoms with Crippen LogP contribution in [0.1, 0.15) is 5.56 Å². The van der Waals surface area contributed by atoms with Gasteiger partial charge in [-0.1, -0.05) is 6.07 Å². The SMILES string of the molecule is NCc1ccc2c(c1)N(C(=O)Br)C(=O)CO2. The summed E-state index contributed by atoms with van der Waals surface area (Å²) >= 11 is 2.77. The minimum absolute atomic E-state index is 0.133. The highest BCUT2D eigenvalue weighted by molar-refractivity contribution is 9.18. The van der Waals surface area contributed by atoms with Crippen molar-refractivity contribution in [2.75, 3.05) is 11.5 Å². The number of halogens is 1. The Morgan fingerprint density at radius 3 is 2.94 bits per heavy atom. The molecule has 1 aliphatic rings. The van der Waals surface area contributed by atoms with Gasteiger partial charge < -0.3 is 10.5 Å². The molecule has 0 aliphatic carbocycles. The molecule has 16 heavy (non-hydrogen) atoms. The number of nitrogens with zero attached hydrogens (tertiary/aromatic N) is 1. The number of nitrogens with two attached hydrogens (primary N) is 1. The fourth-order valence-corrected chi connectivity index (χ4v) is 1.91. The Bertz CT molecular complexity index is 461. The third-order valence-corrected chi connectivity index (χ3v) is 2.63. The summed E-state index contributed by atoms with van der Waals surface area (Å²) in [5, 5.41) is 0. The summed E-state index contributed by atoms with van der Waals surface area (Å²) in [4.78, 5) is 23.4. The standard InChI is InChI=1S/C10H9BrN2O3/c11-10(15)13-7-3-6(4-12)1-2-8(7)16-5-9(13)14/h1-3H,4-5,12H2. The Kier molecular flexibility index (Phi) is 2.93. The summed E-state index contributed by atoms with van der Waals surface area (Å²) in [5.74, 6) is 0.105. The van der Waals surface area contributed by atoms with Gasteiger partial charge in [-0.05, 0) is 17.7 Å². The Morgan fingerprint density at radius 1 is 1.56 bits per heavy atom. The van der Waals surface area contributed by atoms with E-state index in [0.717, 1.165) is 10.5 Å². The van der Waals surface area contributed by atoms with Gasteiger partial charge in [0, 0.05) is 22.5 Å². The molecule has 5 nitrogen and oxygen atoms in total. The van der Waals surface area contributed by atoms with Crippen molar-refractivity contribution in [2.45, 2.75) is 6.54 Å². The molecule has 1 aliphatic heterocycles. The average molecular weight is 285 g/mol. The highest BCUT2D eigenvalue weighted by Gasteiger charge is 2.29.